The van der Waals surface area contributed by atoms with Gasteiger partial charge in [0, 0.05) is 35.2 Å². The van der Waals surface area contributed by atoms with E-state index in [2.05, 4.69) is 21.2 Å². The number of nitrogens with one attached hydrogen (secondary N) is 1. The lowest BCUT2D eigenvalue weighted by Gasteiger charge is -2.37. The van der Waals surface area contributed by atoms with Crippen LogP contribution in [0.25, 0.3) is 0 Å². The fourth-order valence-electron chi connectivity index (χ4n) is 5.00. The topological polar surface area (TPSA) is 73.9 Å². The molecule has 0 fully saturated rings. The summed E-state index contributed by atoms with van der Waals surface area (Å²) in [6.45, 7) is 4.15. The lowest BCUT2D eigenvalue weighted by Crippen LogP contribution is -2.36. The first-order valence-corrected chi connectivity index (χ1v) is 12.6. The summed E-state index contributed by atoms with van der Waals surface area (Å²) < 4.78 is 17.3. The number of hydrogen-bond donors (Lipinski definition) is 1. The van der Waals surface area contributed by atoms with Gasteiger partial charge in [-0.25, -0.2) is 4.79 Å². The third kappa shape index (κ3) is 4.87. The Hall–Kier alpha value is -3.06. The Bertz CT molecular complexity index is 1220. The van der Waals surface area contributed by atoms with Gasteiger partial charge in [0.25, 0.3) is 0 Å². The maximum atomic E-state index is 13.7. The zero-order chi connectivity index (χ0) is 25.1. The summed E-state index contributed by atoms with van der Waals surface area (Å²) in [4.78, 5) is 26.9. The van der Waals surface area contributed by atoms with E-state index in [4.69, 9.17) is 14.2 Å². The molecule has 1 aliphatic carbocycles. The molecule has 4 rings (SSSR count). The molecule has 0 aromatic heterocycles. The molecule has 1 N–H and O–H groups in total. The number of dihydropyridines is 1. The van der Waals surface area contributed by atoms with Crippen molar-refractivity contribution in [3.05, 3.63) is 80.6 Å². The van der Waals surface area contributed by atoms with Crippen molar-refractivity contribution in [3.8, 4) is 11.5 Å². The van der Waals surface area contributed by atoms with Gasteiger partial charge in [-0.15, -0.1) is 0 Å². The smallest absolute Gasteiger partial charge is 0.336 e. The molecule has 1 heterocycles. The largest absolute Gasteiger partial charge is 0.496 e. The van der Waals surface area contributed by atoms with Gasteiger partial charge in [0.05, 0.1) is 30.9 Å². The van der Waals surface area contributed by atoms with Crippen LogP contribution in [0.5, 0.6) is 11.5 Å². The Labute approximate surface area is 214 Å². The van der Waals surface area contributed by atoms with E-state index in [0.717, 1.165) is 33.5 Å². The number of carbonyl (C=O) groups excluding carboxylic acids is 2. The molecule has 1 aliphatic heterocycles. The van der Waals surface area contributed by atoms with E-state index in [1.807, 2.05) is 56.3 Å². The zero-order valence-corrected chi connectivity index (χ0v) is 22.0. The first kappa shape index (κ1) is 25.0. The second-order valence-electron chi connectivity index (χ2n) is 8.79. The summed E-state index contributed by atoms with van der Waals surface area (Å²) in [7, 11) is 3.25. The average molecular weight is 540 g/mol. The molecule has 35 heavy (non-hydrogen) atoms. The van der Waals surface area contributed by atoms with E-state index in [1.54, 1.807) is 14.2 Å². The Morgan fingerprint density at radius 3 is 2.51 bits per heavy atom. The van der Waals surface area contributed by atoms with Crippen molar-refractivity contribution in [1.82, 2.24) is 5.32 Å². The number of para-hydroxylation sites is 1. The monoisotopic (exact) mass is 539 g/mol. The van der Waals surface area contributed by atoms with Crippen molar-refractivity contribution in [2.45, 2.75) is 44.9 Å². The maximum Gasteiger partial charge on any atom is 0.336 e. The molecule has 0 saturated carbocycles. The predicted molar refractivity (Wildman–Crippen MR) is 138 cm³/mol. The minimum absolute atomic E-state index is 0.0138. The molecule has 2 aromatic carbocycles. The quantitative estimate of drug-likeness (QED) is 0.449. The Kier molecular flexibility index (Phi) is 7.65. The number of ether oxygens (including phenoxy) is 3. The van der Waals surface area contributed by atoms with Crippen LogP contribution in [0.3, 0.4) is 0 Å². The average Bonchev–Trinajstić information content (AvgIpc) is 2.86. The van der Waals surface area contributed by atoms with Crippen molar-refractivity contribution >= 4 is 27.7 Å². The van der Waals surface area contributed by atoms with Crippen molar-refractivity contribution in [3.63, 3.8) is 0 Å². The summed E-state index contributed by atoms with van der Waals surface area (Å²) in [6, 6.07) is 13.5. The highest BCUT2D eigenvalue weighted by Crippen LogP contribution is 2.47. The van der Waals surface area contributed by atoms with Crippen molar-refractivity contribution in [2.24, 2.45) is 0 Å². The number of Topliss-reactive ketones (excluding diaryl/α,β-unsaturated/α-hetero) is 1. The van der Waals surface area contributed by atoms with Crippen LogP contribution in [0, 0.1) is 0 Å². The number of hydrogen-bond acceptors (Lipinski definition) is 6. The van der Waals surface area contributed by atoms with E-state index in [9.17, 15) is 9.59 Å². The highest BCUT2D eigenvalue weighted by Gasteiger charge is 2.42. The van der Waals surface area contributed by atoms with Crippen LogP contribution in [-0.4, -0.2) is 32.6 Å². The molecule has 6 nitrogen and oxygen atoms in total. The summed E-state index contributed by atoms with van der Waals surface area (Å²) in [5.41, 5.74) is 4.49. The van der Waals surface area contributed by atoms with E-state index < -0.39 is 11.9 Å². The highest BCUT2D eigenvalue weighted by atomic mass is 79.9. The van der Waals surface area contributed by atoms with Gasteiger partial charge < -0.3 is 19.5 Å². The third-order valence-corrected chi connectivity index (χ3v) is 7.19. The van der Waals surface area contributed by atoms with Gasteiger partial charge in [0.15, 0.2) is 5.78 Å². The van der Waals surface area contributed by atoms with Gasteiger partial charge in [-0.05, 0) is 65.0 Å². The number of rotatable bonds is 7. The molecule has 0 saturated heterocycles. The third-order valence-electron chi connectivity index (χ3n) is 6.57. The van der Waals surface area contributed by atoms with Crippen LogP contribution in [0.15, 0.2) is 69.5 Å². The zero-order valence-electron chi connectivity index (χ0n) is 20.4. The number of benzene rings is 2. The van der Waals surface area contributed by atoms with Gasteiger partial charge in [-0.1, -0.05) is 31.2 Å². The van der Waals surface area contributed by atoms with Gasteiger partial charge in [0.1, 0.15) is 11.5 Å². The standard InChI is InChI=1S/C28H30BrNO5/c1-5-12-35-28(32)25-16(2)30-21-14-18(19-8-6-7-9-23(19)33-3)15-22(31)27(21)26(25)17-10-11-24(34-4)20(29)13-17/h6-11,13,18,26,30H,5,12,14-15H2,1-4H3/t18-,26-/m0/s1. The molecular weight excluding hydrogens is 510 g/mol. The fourth-order valence-corrected chi connectivity index (χ4v) is 5.56. The van der Waals surface area contributed by atoms with E-state index >= 15 is 0 Å². The van der Waals surface area contributed by atoms with Gasteiger partial charge in [-0.3, -0.25) is 4.79 Å². The van der Waals surface area contributed by atoms with Gasteiger partial charge in [0.2, 0.25) is 0 Å². The van der Waals surface area contributed by atoms with Gasteiger partial charge >= 0.3 is 5.97 Å². The Balaban J connectivity index is 1.81. The van der Waals surface area contributed by atoms with E-state index in [1.165, 1.54) is 0 Å². The molecule has 0 unspecified atom stereocenters. The first-order valence-electron chi connectivity index (χ1n) is 11.8. The number of allylic oxidation sites excluding steroid dienone is 3. The molecule has 0 spiro atoms. The van der Waals surface area contributed by atoms with Crippen LogP contribution < -0.4 is 14.8 Å². The maximum absolute atomic E-state index is 13.7. The minimum Gasteiger partial charge on any atom is -0.496 e. The number of methoxy groups -OCH3 is 2. The van der Waals surface area contributed by atoms with E-state index in [-0.39, 0.29) is 11.7 Å². The van der Waals surface area contributed by atoms with Crippen LogP contribution >= 0.6 is 15.9 Å². The molecule has 7 heteroatoms. The predicted octanol–water partition coefficient (Wildman–Crippen LogP) is 5.78. The normalized spacial score (nSPS) is 19.7. The van der Waals surface area contributed by atoms with Crippen LogP contribution in [0.1, 0.15) is 56.1 Å². The Morgan fingerprint density at radius 2 is 1.83 bits per heavy atom. The fraction of sp³-hybridized carbons (Fsp3) is 0.357. The molecule has 0 bridgehead atoms. The lowest BCUT2D eigenvalue weighted by molar-refractivity contribution is -0.139. The van der Waals surface area contributed by atoms with Crippen molar-refractivity contribution in [1.29, 1.82) is 0 Å². The number of halogens is 1. The van der Waals surface area contributed by atoms with Crippen LogP contribution in [-0.2, 0) is 14.3 Å². The summed E-state index contributed by atoms with van der Waals surface area (Å²) in [6.07, 6.45) is 1.70. The molecule has 0 amide bonds. The summed E-state index contributed by atoms with van der Waals surface area (Å²) in [5.74, 6) is 0.522. The second-order valence-corrected chi connectivity index (χ2v) is 9.64. The van der Waals surface area contributed by atoms with Gasteiger partial charge in [-0.2, -0.15) is 0 Å². The van der Waals surface area contributed by atoms with Crippen LogP contribution in [0.2, 0.25) is 0 Å². The van der Waals surface area contributed by atoms with Crippen molar-refractivity contribution < 1.29 is 23.8 Å². The number of ketones is 1. The second kappa shape index (κ2) is 10.7. The number of esters is 1. The molecule has 184 valence electrons. The minimum atomic E-state index is -0.524. The van der Waals surface area contributed by atoms with Crippen LogP contribution in [0.4, 0.5) is 0 Å². The van der Waals surface area contributed by atoms with Crippen molar-refractivity contribution in [2.75, 3.05) is 20.8 Å². The Morgan fingerprint density at radius 1 is 1.09 bits per heavy atom. The molecule has 0 radical (unpaired) electrons. The molecule has 2 aromatic rings. The van der Waals surface area contributed by atoms with E-state index in [0.29, 0.717) is 42.0 Å². The molecular formula is C28H30BrNO5. The molecule has 2 atom stereocenters. The SMILES string of the molecule is CCCOC(=O)C1=C(C)NC2=C(C(=O)C[C@@H](c3ccccc3OC)C2)[C@H]1c1ccc(OC)c(Br)c1. The first-order chi connectivity index (χ1) is 16.9. The lowest BCUT2D eigenvalue weighted by atomic mass is 9.71. The summed E-state index contributed by atoms with van der Waals surface area (Å²) >= 11 is 3.56. The highest BCUT2D eigenvalue weighted by molar-refractivity contribution is 9.10. The molecule has 2 aliphatic rings. The summed E-state index contributed by atoms with van der Waals surface area (Å²) in [5, 5.41) is 3.39. The number of carbonyl (C=O) groups is 2.